The van der Waals surface area contributed by atoms with Crippen molar-refractivity contribution in [2.24, 2.45) is 0 Å². The van der Waals surface area contributed by atoms with Crippen LogP contribution in [0.25, 0.3) is 10.4 Å². The first kappa shape index (κ1) is 17.6. The van der Waals surface area contributed by atoms with E-state index in [0.717, 1.165) is 39.5 Å². The first-order valence-electron chi connectivity index (χ1n) is 9.18. The van der Waals surface area contributed by atoms with Crippen molar-refractivity contribution < 1.29 is 9.53 Å². The Labute approximate surface area is 159 Å². The van der Waals surface area contributed by atoms with Crippen LogP contribution in [-0.4, -0.2) is 23.0 Å². The smallest absolute Gasteiger partial charge is 0.261 e. The molecule has 0 aliphatic carbocycles. The number of carbonyl (C=O) groups excluding carboxylic acids is 1. The summed E-state index contributed by atoms with van der Waals surface area (Å²) in [7, 11) is 0. The maximum atomic E-state index is 12.9. The van der Waals surface area contributed by atoms with E-state index in [4.69, 9.17) is 4.74 Å². The van der Waals surface area contributed by atoms with E-state index in [-0.39, 0.29) is 23.0 Å². The van der Waals surface area contributed by atoms with E-state index in [1.807, 2.05) is 24.3 Å². The average molecular weight is 371 g/mol. The van der Waals surface area contributed by atoms with Crippen molar-refractivity contribution in [3.63, 3.8) is 0 Å². The summed E-state index contributed by atoms with van der Waals surface area (Å²) in [5.41, 5.74) is 2.22. The van der Waals surface area contributed by atoms with Gasteiger partial charge in [-0.1, -0.05) is 12.1 Å². The average Bonchev–Trinajstić information content (AvgIpc) is 2.96. The van der Waals surface area contributed by atoms with Crippen LogP contribution in [0.3, 0.4) is 0 Å². The molecular formula is C21H26N2O2S. The van der Waals surface area contributed by atoms with Gasteiger partial charge in [0.25, 0.3) is 5.91 Å². The molecule has 1 aromatic carbocycles. The number of amides is 1. The van der Waals surface area contributed by atoms with Gasteiger partial charge in [-0.2, -0.15) is 0 Å². The van der Waals surface area contributed by atoms with Crippen LogP contribution in [0.4, 0.5) is 0 Å². The molecule has 2 N–H and O–H groups in total. The molecule has 0 atom stereocenters. The molecule has 4 nitrogen and oxygen atoms in total. The number of carbonyl (C=O) groups is 1. The minimum absolute atomic E-state index is 0.0150. The summed E-state index contributed by atoms with van der Waals surface area (Å²) in [4.78, 5) is 14.8. The van der Waals surface area contributed by atoms with Crippen molar-refractivity contribution in [3.8, 4) is 16.2 Å². The molecule has 1 amide bonds. The predicted octanol–water partition coefficient (Wildman–Crippen LogP) is 4.35. The Kier molecular flexibility index (Phi) is 4.12. The standard InChI is InChI=1S/C21H26N2O2S/c1-20(2)10-14(11-21(3,4)23-20)22-19(24)17-9-13-12-25-16-8-6-5-7-15(16)18(13)26-17/h5-9,14,23H,10-12H2,1-4H3,(H,22,24). The van der Waals surface area contributed by atoms with Gasteiger partial charge < -0.3 is 15.4 Å². The molecule has 2 aromatic rings. The summed E-state index contributed by atoms with van der Waals surface area (Å²) >= 11 is 1.57. The number of ether oxygens (including phenoxy) is 1. The Morgan fingerprint density at radius 1 is 1.19 bits per heavy atom. The summed E-state index contributed by atoms with van der Waals surface area (Å²) < 4.78 is 5.81. The quantitative estimate of drug-likeness (QED) is 0.826. The molecule has 1 aromatic heterocycles. The van der Waals surface area contributed by atoms with Crippen molar-refractivity contribution >= 4 is 17.2 Å². The maximum absolute atomic E-state index is 12.9. The second-order valence-corrected chi connectivity index (χ2v) is 9.77. The highest BCUT2D eigenvalue weighted by Crippen LogP contribution is 2.42. The number of thiophene rings is 1. The van der Waals surface area contributed by atoms with Crippen molar-refractivity contribution in [3.05, 3.63) is 40.8 Å². The zero-order chi connectivity index (χ0) is 18.5. The first-order valence-corrected chi connectivity index (χ1v) is 9.99. The minimum atomic E-state index is 0.0150. The molecule has 0 bridgehead atoms. The monoisotopic (exact) mass is 370 g/mol. The molecule has 2 aliphatic rings. The molecule has 0 saturated carbocycles. The van der Waals surface area contributed by atoms with Crippen molar-refractivity contribution in [1.29, 1.82) is 0 Å². The van der Waals surface area contributed by atoms with E-state index in [0.29, 0.717) is 6.61 Å². The SMILES string of the molecule is CC1(C)CC(NC(=O)c2cc3c(s2)-c2ccccc2OC3)CC(C)(C)N1. The molecule has 26 heavy (non-hydrogen) atoms. The van der Waals surface area contributed by atoms with Crippen molar-refractivity contribution in [1.82, 2.24) is 10.6 Å². The largest absolute Gasteiger partial charge is 0.488 e. The maximum Gasteiger partial charge on any atom is 0.261 e. The van der Waals surface area contributed by atoms with Gasteiger partial charge in [-0.25, -0.2) is 0 Å². The van der Waals surface area contributed by atoms with Gasteiger partial charge in [0.1, 0.15) is 12.4 Å². The third-order valence-corrected chi connectivity index (χ3v) is 6.28. The molecule has 2 aliphatic heterocycles. The number of fused-ring (bicyclic) bond motifs is 3. The second-order valence-electron chi connectivity index (χ2n) is 8.72. The van der Waals surface area contributed by atoms with Crippen LogP contribution in [-0.2, 0) is 6.61 Å². The van der Waals surface area contributed by atoms with Crippen LogP contribution >= 0.6 is 11.3 Å². The Morgan fingerprint density at radius 3 is 2.62 bits per heavy atom. The van der Waals surface area contributed by atoms with E-state index in [1.165, 1.54) is 0 Å². The molecule has 0 unspecified atom stereocenters. The van der Waals surface area contributed by atoms with E-state index >= 15 is 0 Å². The molecule has 0 spiro atoms. The van der Waals surface area contributed by atoms with E-state index < -0.39 is 0 Å². The highest BCUT2D eigenvalue weighted by atomic mass is 32.1. The molecule has 1 saturated heterocycles. The van der Waals surface area contributed by atoms with E-state index in [9.17, 15) is 4.79 Å². The lowest BCUT2D eigenvalue weighted by Gasteiger charge is -2.46. The Hall–Kier alpha value is -1.85. The van der Waals surface area contributed by atoms with Crippen molar-refractivity contribution in [2.75, 3.05) is 0 Å². The summed E-state index contributed by atoms with van der Waals surface area (Å²) in [5, 5.41) is 6.93. The summed E-state index contributed by atoms with van der Waals surface area (Å²) in [6.07, 6.45) is 1.86. The number of piperidine rings is 1. The number of hydrogen-bond donors (Lipinski definition) is 2. The van der Waals surface area contributed by atoms with Gasteiger partial charge in [-0.15, -0.1) is 11.3 Å². The van der Waals surface area contributed by atoms with Gasteiger partial charge in [-0.05, 0) is 58.7 Å². The minimum Gasteiger partial charge on any atom is -0.488 e. The highest BCUT2D eigenvalue weighted by Gasteiger charge is 2.38. The Morgan fingerprint density at radius 2 is 1.88 bits per heavy atom. The fourth-order valence-electron chi connectivity index (χ4n) is 4.49. The lowest BCUT2D eigenvalue weighted by Crippen LogP contribution is -2.62. The van der Waals surface area contributed by atoms with Gasteiger partial charge in [0, 0.05) is 33.1 Å². The molecular weight excluding hydrogens is 344 g/mol. The van der Waals surface area contributed by atoms with E-state index in [1.54, 1.807) is 11.3 Å². The van der Waals surface area contributed by atoms with Gasteiger partial charge in [0.15, 0.2) is 0 Å². The first-order chi connectivity index (χ1) is 12.2. The zero-order valence-electron chi connectivity index (χ0n) is 15.8. The van der Waals surface area contributed by atoms with Crippen LogP contribution in [0, 0.1) is 0 Å². The fraction of sp³-hybridized carbons (Fsp3) is 0.476. The fourth-order valence-corrected chi connectivity index (χ4v) is 5.59. The van der Waals surface area contributed by atoms with Gasteiger partial charge in [0.05, 0.1) is 4.88 Å². The normalized spacial score (nSPS) is 20.6. The lowest BCUT2D eigenvalue weighted by molar-refractivity contribution is 0.0877. The van der Waals surface area contributed by atoms with Gasteiger partial charge in [-0.3, -0.25) is 4.79 Å². The number of benzene rings is 1. The van der Waals surface area contributed by atoms with E-state index in [2.05, 4.69) is 44.4 Å². The van der Waals surface area contributed by atoms with Crippen molar-refractivity contribution in [2.45, 2.75) is 64.3 Å². The van der Waals surface area contributed by atoms with Crippen LogP contribution < -0.4 is 15.4 Å². The molecule has 1 fully saturated rings. The number of para-hydroxylation sites is 1. The summed E-state index contributed by atoms with van der Waals surface area (Å²) in [5.74, 6) is 0.927. The van der Waals surface area contributed by atoms with Crippen LogP contribution in [0.1, 0.15) is 55.8 Å². The van der Waals surface area contributed by atoms with Gasteiger partial charge in [0.2, 0.25) is 0 Å². The lowest BCUT2D eigenvalue weighted by atomic mass is 9.79. The van der Waals surface area contributed by atoms with Gasteiger partial charge >= 0.3 is 0 Å². The third kappa shape index (κ3) is 3.38. The Balaban J connectivity index is 1.55. The van der Waals surface area contributed by atoms with Crippen LogP contribution in [0.15, 0.2) is 30.3 Å². The highest BCUT2D eigenvalue weighted by molar-refractivity contribution is 7.17. The zero-order valence-corrected chi connectivity index (χ0v) is 16.6. The molecule has 138 valence electrons. The summed E-state index contributed by atoms with van der Waals surface area (Å²) in [6, 6.07) is 10.2. The Bertz CT molecular complexity index is 837. The van der Waals surface area contributed by atoms with Crippen LogP contribution in [0.2, 0.25) is 0 Å². The molecule has 0 radical (unpaired) electrons. The number of rotatable bonds is 2. The number of hydrogen-bond acceptors (Lipinski definition) is 4. The second kappa shape index (κ2) is 6.10. The molecule has 4 rings (SSSR count). The number of nitrogens with one attached hydrogen (secondary N) is 2. The summed E-state index contributed by atoms with van der Waals surface area (Å²) in [6.45, 7) is 9.33. The third-order valence-electron chi connectivity index (χ3n) is 5.07. The predicted molar refractivity (Wildman–Crippen MR) is 106 cm³/mol. The molecule has 5 heteroatoms. The molecule has 3 heterocycles. The topological polar surface area (TPSA) is 50.4 Å². The van der Waals surface area contributed by atoms with Crippen LogP contribution in [0.5, 0.6) is 5.75 Å².